The van der Waals surface area contributed by atoms with Crippen LogP contribution in [0.3, 0.4) is 0 Å². The van der Waals surface area contributed by atoms with Crippen LogP contribution in [-0.4, -0.2) is 33.3 Å². The van der Waals surface area contributed by atoms with Gasteiger partial charge in [0, 0.05) is 24.3 Å². The fourth-order valence-corrected chi connectivity index (χ4v) is 2.56. The Bertz CT molecular complexity index is 360. The summed E-state index contributed by atoms with van der Waals surface area (Å²) in [5, 5.41) is 12.8. The van der Waals surface area contributed by atoms with Gasteiger partial charge in [-0.05, 0) is 25.7 Å². The molecule has 4 heteroatoms. The number of aliphatic hydroxyl groups excluding tert-OH is 1. The molecule has 0 bridgehead atoms. The zero-order valence-electron chi connectivity index (χ0n) is 10.8. The second-order valence-corrected chi connectivity index (χ2v) is 5.20. The number of rotatable bonds is 5. The minimum absolute atomic E-state index is 0.121. The summed E-state index contributed by atoms with van der Waals surface area (Å²) in [6.45, 7) is 5.19. The first kappa shape index (κ1) is 12.6. The molecule has 1 heterocycles. The molecule has 1 aromatic heterocycles. The number of imidazole rings is 1. The van der Waals surface area contributed by atoms with Gasteiger partial charge in [0.15, 0.2) is 0 Å². The van der Waals surface area contributed by atoms with Gasteiger partial charge in [0.05, 0.1) is 18.6 Å². The highest BCUT2D eigenvalue weighted by atomic mass is 16.3. The van der Waals surface area contributed by atoms with E-state index in [0.29, 0.717) is 6.04 Å². The van der Waals surface area contributed by atoms with Crippen LogP contribution < -0.4 is 5.32 Å². The summed E-state index contributed by atoms with van der Waals surface area (Å²) in [5.41, 5.74) is 2.64. The molecule has 96 valence electrons. The molecule has 1 aliphatic carbocycles. The lowest BCUT2D eigenvalue weighted by molar-refractivity contribution is 0.220. The molecule has 1 aliphatic rings. The molecule has 2 N–H and O–H groups in total. The molecule has 1 atom stereocenters. The van der Waals surface area contributed by atoms with Crippen molar-refractivity contribution in [1.82, 2.24) is 14.9 Å². The van der Waals surface area contributed by atoms with Gasteiger partial charge in [0.2, 0.25) is 0 Å². The Labute approximate surface area is 103 Å². The quantitative estimate of drug-likeness (QED) is 0.807. The van der Waals surface area contributed by atoms with Crippen LogP contribution >= 0.6 is 0 Å². The first-order chi connectivity index (χ1) is 8.20. The third-order valence-electron chi connectivity index (χ3n) is 3.32. The highest BCUT2D eigenvalue weighted by Gasteiger charge is 2.17. The third-order valence-corrected chi connectivity index (χ3v) is 3.32. The molecule has 1 unspecified atom stereocenters. The summed E-state index contributed by atoms with van der Waals surface area (Å²) < 4.78 is 2.21. The van der Waals surface area contributed by atoms with E-state index in [1.807, 2.05) is 6.33 Å². The van der Waals surface area contributed by atoms with Gasteiger partial charge in [-0.15, -0.1) is 0 Å². The van der Waals surface area contributed by atoms with Crippen molar-refractivity contribution in [3.05, 3.63) is 17.7 Å². The molecular formula is C13H23N3O. The number of hydrogen-bond acceptors (Lipinski definition) is 3. The lowest BCUT2D eigenvalue weighted by Crippen LogP contribution is -2.40. The van der Waals surface area contributed by atoms with Crippen LogP contribution in [0.4, 0.5) is 0 Å². The molecule has 0 spiro atoms. The maximum atomic E-state index is 9.38. The van der Waals surface area contributed by atoms with Crippen LogP contribution in [0, 0.1) is 0 Å². The Balaban J connectivity index is 2.04. The number of aromatic nitrogens is 2. The number of fused-ring (bicyclic) bond motifs is 1. The number of aryl methyl sites for hydroxylation is 1. The van der Waals surface area contributed by atoms with Gasteiger partial charge in [-0.1, -0.05) is 13.8 Å². The smallest absolute Gasteiger partial charge is 0.0952 e. The predicted octanol–water partition coefficient (Wildman–Crippen LogP) is 1.12. The van der Waals surface area contributed by atoms with E-state index in [2.05, 4.69) is 28.7 Å². The summed E-state index contributed by atoms with van der Waals surface area (Å²) in [6, 6.07) is 0.515. The molecular weight excluding hydrogens is 214 g/mol. The number of nitrogens with zero attached hydrogens (tertiary/aromatic N) is 2. The topological polar surface area (TPSA) is 50.1 Å². The van der Waals surface area contributed by atoms with E-state index in [0.717, 1.165) is 19.4 Å². The molecule has 0 fully saturated rings. The normalized spacial score (nSPS) is 17.2. The summed E-state index contributed by atoms with van der Waals surface area (Å²) >= 11 is 0. The summed E-state index contributed by atoms with van der Waals surface area (Å²) in [5.74, 6) is 0. The molecule has 0 amide bonds. The third kappa shape index (κ3) is 3.07. The summed E-state index contributed by atoms with van der Waals surface area (Å²) in [6.07, 6.45) is 6.71. The van der Waals surface area contributed by atoms with Gasteiger partial charge in [-0.2, -0.15) is 0 Å². The number of nitrogens with one attached hydrogen (secondary N) is 1. The molecule has 0 radical (unpaired) electrons. The van der Waals surface area contributed by atoms with Gasteiger partial charge >= 0.3 is 0 Å². The Hall–Kier alpha value is -0.870. The van der Waals surface area contributed by atoms with Gasteiger partial charge in [0.1, 0.15) is 0 Å². The lowest BCUT2D eigenvalue weighted by Gasteiger charge is -2.21. The van der Waals surface area contributed by atoms with Crippen molar-refractivity contribution in [2.24, 2.45) is 0 Å². The van der Waals surface area contributed by atoms with Crippen molar-refractivity contribution in [3.8, 4) is 0 Å². The highest BCUT2D eigenvalue weighted by Crippen LogP contribution is 2.19. The maximum Gasteiger partial charge on any atom is 0.0952 e. The average molecular weight is 237 g/mol. The van der Waals surface area contributed by atoms with Gasteiger partial charge in [0.25, 0.3) is 0 Å². The first-order valence-corrected chi connectivity index (χ1v) is 6.60. The van der Waals surface area contributed by atoms with Crippen LogP contribution in [0.1, 0.15) is 38.1 Å². The van der Waals surface area contributed by atoms with E-state index in [4.69, 9.17) is 0 Å². The minimum atomic E-state index is 0.121. The van der Waals surface area contributed by atoms with Crippen molar-refractivity contribution in [3.63, 3.8) is 0 Å². The monoisotopic (exact) mass is 237 g/mol. The molecule has 0 aromatic carbocycles. The lowest BCUT2D eigenvalue weighted by atomic mass is 10.0. The van der Waals surface area contributed by atoms with E-state index in [1.165, 1.54) is 24.2 Å². The molecule has 0 saturated heterocycles. The molecule has 0 saturated carbocycles. The zero-order chi connectivity index (χ0) is 12.3. The van der Waals surface area contributed by atoms with Crippen LogP contribution in [-0.2, 0) is 19.4 Å². The maximum absolute atomic E-state index is 9.38. The predicted molar refractivity (Wildman–Crippen MR) is 68.0 cm³/mol. The SMILES string of the molecule is CC(C)NC(CO)Cn1cnc2c1CCCC2. The van der Waals surface area contributed by atoms with E-state index < -0.39 is 0 Å². The largest absolute Gasteiger partial charge is 0.395 e. The fourth-order valence-electron chi connectivity index (χ4n) is 2.56. The minimum Gasteiger partial charge on any atom is -0.395 e. The second kappa shape index (κ2) is 5.65. The van der Waals surface area contributed by atoms with E-state index in [-0.39, 0.29) is 12.6 Å². The first-order valence-electron chi connectivity index (χ1n) is 6.60. The fraction of sp³-hybridized carbons (Fsp3) is 0.769. The van der Waals surface area contributed by atoms with Gasteiger partial charge in [-0.3, -0.25) is 0 Å². The van der Waals surface area contributed by atoms with Crippen molar-refractivity contribution in [2.45, 2.75) is 58.2 Å². The average Bonchev–Trinajstić information content (AvgIpc) is 2.71. The van der Waals surface area contributed by atoms with Crippen molar-refractivity contribution in [1.29, 1.82) is 0 Å². The van der Waals surface area contributed by atoms with E-state index >= 15 is 0 Å². The number of hydrogen-bond donors (Lipinski definition) is 2. The van der Waals surface area contributed by atoms with Crippen LogP contribution in [0.5, 0.6) is 0 Å². The molecule has 4 nitrogen and oxygen atoms in total. The standard InChI is InChI=1S/C13H23N3O/c1-10(2)15-11(8-17)7-16-9-14-12-5-3-4-6-13(12)16/h9-11,15,17H,3-8H2,1-2H3. The van der Waals surface area contributed by atoms with Crippen molar-refractivity contribution >= 4 is 0 Å². The molecule has 2 rings (SSSR count). The van der Waals surface area contributed by atoms with Gasteiger partial charge < -0.3 is 15.0 Å². The Morgan fingerprint density at radius 1 is 1.41 bits per heavy atom. The van der Waals surface area contributed by atoms with Crippen LogP contribution in [0.15, 0.2) is 6.33 Å². The number of aliphatic hydroxyl groups is 1. The Kier molecular flexibility index (Phi) is 4.18. The molecule has 17 heavy (non-hydrogen) atoms. The van der Waals surface area contributed by atoms with Crippen molar-refractivity contribution in [2.75, 3.05) is 6.61 Å². The molecule has 1 aromatic rings. The highest BCUT2D eigenvalue weighted by molar-refractivity contribution is 5.16. The Morgan fingerprint density at radius 3 is 2.88 bits per heavy atom. The van der Waals surface area contributed by atoms with Gasteiger partial charge in [-0.25, -0.2) is 4.98 Å². The van der Waals surface area contributed by atoms with E-state index in [9.17, 15) is 5.11 Å². The van der Waals surface area contributed by atoms with E-state index in [1.54, 1.807) is 0 Å². The molecule has 0 aliphatic heterocycles. The van der Waals surface area contributed by atoms with Crippen molar-refractivity contribution < 1.29 is 5.11 Å². The van der Waals surface area contributed by atoms with Crippen LogP contribution in [0.2, 0.25) is 0 Å². The second-order valence-electron chi connectivity index (χ2n) is 5.20. The van der Waals surface area contributed by atoms with Crippen LogP contribution in [0.25, 0.3) is 0 Å². The summed E-state index contributed by atoms with van der Waals surface area (Å²) in [7, 11) is 0. The Morgan fingerprint density at radius 2 is 2.18 bits per heavy atom. The zero-order valence-corrected chi connectivity index (χ0v) is 10.8. The summed E-state index contributed by atoms with van der Waals surface area (Å²) in [4.78, 5) is 4.48.